The third-order valence-corrected chi connectivity index (χ3v) is 4.74. The number of anilines is 1. The van der Waals surface area contributed by atoms with Gasteiger partial charge in [0.1, 0.15) is 0 Å². The van der Waals surface area contributed by atoms with E-state index in [2.05, 4.69) is 11.1 Å². The second kappa shape index (κ2) is 13.3. The van der Waals surface area contributed by atoms with Crippen LogP contribution >= 0.6 is 0 Å². The van der Waals surface area contributed by atoms with E-state index in [4.69, 9.17) is 26.2 Å². The van der Waals surface area contributed by atoms with Gasteiger partial charge in [0.25, 0.3) is 0 Å². The average molecular weight is 462 g/mol. The van der Waals surface area contributed by atoms with Crippen molar-refractivity contribution >= 4 is 23.5 Å². The number of rotatable bonds is 9. The van der Waals surface area contributed by atoms with Gasteiger partial charge in [-0.2, -0.15) is 0 Å². The van der Waals surface area contributed by atoms with Crippen LogP contribution in [-0.2, 0) is 20.8 Å². The molecule has 0 fully saturated rings. The van der Waals surface area contributed by atoms with Crippen molar-refractivity contribution in [3.05, 3.63) is 59.4 Å². The molecule has 0 aliphatic heterocycles. The summed E-state index contributed by atoms with van der Waals surface area (Å²) in [6.45, 7) is 6.46. The van der Waals surface area contributed by atoms with E-state index in [1.165, 1.54) is 5.56 Å². The summed E-state index contributed by atoms with van der Waals surface area (Å²) in [7, 11) is 0. The molecule has 33 heavy (non-hydrogen) atoms. The third kappa shape index (κ3) is 8.60. The summed E-state index contributed by atoms with van der Waals surface area (Å²) in [4.78, 5) is 38.1. The Hall–Kier alpha value is -3.34. The van der Waals surface area contributed by atoms with Crippen molar-refractivity contribution in [1.29, 1.82) is 0 Å². The minimum atomic E-state index is -2.27. The molecule has 0 aliphatic carbocycles. The highest BCUT2D eigenvalue weighted by Gasteiger charge is 2.29. The quantitative estimate of drug-likeness (QED) is 0.363. The van der Waals surface area contributed by atoms with E-state index < -0.39 is 30.2 Å². The molecule has 0 radical (unpaired) electrons. The summed E-state index contributed by atoms with van der Waals surface area (Å²) < 4.78 is 0. The largest absolute Gasteiger partial charge is 0.479 e. The number of aliphatic hydroxyl groups excluding tert-OH is 2. The predicted octanol–water partition coefficient (Wildman–Crippen LogP) is 0.889. The van der Waals surface area contributed by atoms with Crippen molar-refractivity contribution in [3.8, 4) is 0 Å². The number of carboxylic acid groups (broad SMARTS) is 2. The summed E-state index contributed by atoms with van der Waals surface area (Å²) in [5.41, 5.74) is 10.2. The Labute approximate surface area is 192 Å². The van der Waals surface area contributed by atoms with Crippen LogP contribution in [0, 0.1) is 13.8 Å². The zero-order chi connectivity index (χ0) is 25.1. The Morgan fingerprint density at radius 3 is 1.97 bits per heavy atom. The van der Waals surface area contributed by atoms with Crippen LogP contribution in [0.15, 0.2) is 42.7 Å². The van der Waals surface area contributed by atoms with Crippen LogP contribution < -0.4 is 10.6 Å². The van der Waals surface area contributed by atoms with Gasteiger partial charge < -0.3 is 31.1 Å². The smallest absolute Gasteiger partial charge is 0.335 e. The molecule has 1 aromatic carbocycles. The molecule has 2 rings (SSSR count). The first-order valence-corrected chi connectivity index (χ1v) is 10.3. The van der Waals surface area contributed by atoms with Gasteiger partial charge in [-0.05, 0) is 56.4 Å². The molecule has 0 spiro atoms. The first-order valence-electron chi connectivity index (χ1n) is 10.3. The highest BCUT2D eigenvalue weighted by molar-refractivity contribution is 5.98. The van der Waals surface area contributed by atoms with Gasteiger partial charge in [-0.25, -0.2) is 9.59 Å². The van der Waals surface area contributed by atoms with E-state index in [-0.39, 0.29) is 5.91 Å². The maximum absolute atomic E-state index is 12.6. The fraction of sp³-hybridized carbons (Fsp3) is 0.391. The van der Waals surface area contributed by atoms with Crippen LogP contribution in [0.3, 0.4) is 0 Å². The number of carboxylic acids is 2. The Morgan fingerprint density at radius 1 is 1.00 bits per heavy atom. The molecular formula is C23H31N3O7. The highest BCUT2D eigenvalue weighted by Crippen LogP contribution is 2.25. The predicted molar refractivity (Wildman–Crippen MR) is 122 cm³/mol. The maximum atomic E-state index is 12.6. The molecule has 0 saturated carbocycles. The minimum Gasteiger partial charge on any atom is -0.479 e. The molecule has 2 aromatic rings. The van der Waals surface area contributed by atoms with Gasteiger partial charge in [-0.1, -0.05) is 24.3 Å². The number of pyridine rings is 1. The van der Waals surface area contributed by atoms with Crippen molar-refractivity contribution in [3.63, 3.8) is 0 Å². The fourth-order valence-corrected chi connectivity index (χ4v) is 3.07. The molecule has 1 amide bonds. The Kier molecular flexibility index (Phi) is 11.1. The molecule has 10 heteroatoms. The average Bonchev–Trinajstić information content (AvgIpc) is 2.77. The molecule has 0 aliphatic rings. The van der Waals surface area contributed by atoms with Gasteiger partial charge in [0.2, 0.25) is 5.91 Å². The zero-order valence-electron chi connectivity index (χ0n) is 18.9. The number of amides is 1. The van der Waals surface area contributed by atoms with Crippen molar-refractivity contribution in [2.24, 2.45) is 5.73 Å². The number of carbonyl (C=O) groups excluding carboxylic acids is 1. The van der Waals surface area contributed by atoms with E-state index in [1.54, 1.807) is 13.1 Å². The number of para-hydroxylation sites is 1. The van der Waals surface area contributed by atoms with Crippen LogP contribution in [0.5, 0.6) is 0 Å². The number of aromatic nitrogens is 1. The summed E-state index contributed by atoms with van der Waals surface area (Å²) in [5, 5.41) is 32.5. The van der Waals surface area contributed by atoms with Crippen LogP contribution in [0.1, 0.15) is 30.0 Å². The van der Waals surface area contributed by atoms with E-state index in [9.17, 15) is 14.4 Å². The van der Waals surface area contributed by atoms with Gasteiger partial charge >= 0.3 is 11.9 Å². The fourth-order valence-electron chi connectivity index (χ4n) is 3.07. The number of aliphatic hydroxyl groups is 2. The van der Waals surface area contributed by atoms with E-state index >= 15 is 0 Å². The van der Waals surface area contributed by atoms with Crippen molar-refractivity contribution in [1.82, 2.24) is 4.98 Å². The second-order valence-corrected chi connectivity index (χ2v) is 7.55. The van der Waals surface area contributed by atoms with Crippen molar-refractivity contribution in [2.45, 2.75) is 51.9 Å². The first kappa shape index (κ1) is 27.7. The minimum absolute atomic E-state index is 0.0337. The molecule has 1 aromatic heterocycles. The number of nitrogens with two attached hydrogens (primary N) is 1. The van der Waals surface area contributed by atoms with Crippen LogP contribution in [0.4, 0.5) is 5.69 Å². The lowest BCUT2D eigenvalue weighted by Gasteiger charge is -2.28. The van der Waals surface area contributed by atoms with Crippen LogP contribution in [0.25, 0.3) is 0 Å². The monoisotopic (exact) mass is 461 g/mol. The molecule has 0 unspecified atom stereocenters. The molecule has 10 nitrogen and oxygen atoms in total. The molecule has 0 bridgehead atoms. The second-order valence-electron chi connectivity index (χ2n) is 7.55. The first-order chi connectivity index (χ1) is 15.5. The van der Waals surface area contributed by atoms with Gasteiger partial charge in [-0.15, -0.1) is 0 Å². The van der Waals surface area contributed by atoms with Gasteiger partial charge in [0.15, 0.2) is 12.2 Å². The van der Waals surface area contributed by atoms with Crippen LogP contribution in [0.2, 0.25) is 0 Å². The summed E-state index contributed by atoms with van der Waals surface area (Å²) in [5.74, 6) is -3.57. The van der Waals surface area contributed by atoms with Crippen LogP contribution in [-0.4, -0.2) is 68.1 Å². The Morgan fingerprint density at radius 2 is 1.55 bits per heavy atom. The molecule has 0 saturated heterocycles. The number of hydrogen-bond acceptors (Lipinski definition) is 7. The Balaban J connectivity index is 0.000000461. The van der Waals surface area contributed by atoms with E-state index in [1.807, 2.05) is 49.2 Å². The maximum Gasteiger partial charge on any atom is 0.335 e. The number of benzene rings is 1. The highest BCUT2D eigenvalue weighted by atomic mass is 16.4. The number of aliphatic carboxylic acids is 2. The molecule has 6 N–H and O–H groups in total. The van der Waals surface area contributed by atoms with Gasteiger partial charge in [0, 0.05) is 24.6 Å². The molecule has 1 heterocycles. The number of hydrogen-bond donors (Lipinski definition) is 5. The Bertz CT molecular complexity index is 897. The lowest BCUT2D eigenvalue weighted by atomic mass is 10.1. The normalized spacial score (nSPS) is 13.2. The molecule has 3 atom stereocenters. The van der Waals surface area contributed by atoms with E-state index in [0.717, 1.165) is 29.7 Å². The molecular weight excluding hydrogens is 430 g/mol. The van der Waals surface area contributed by atoms with Gasteiger partial charge in [-0.3, -0.25) is 9.78 Å². The number of carbonyl (C=O) groups is 3. The number of nitrogens with zero attached hydrogens (tertiary/aromatic N) is 2. The topological polar surface area (TPSA) is 174 Å². The molecule has 180 valence electrons. The summed E-state index contributed by atoms with van der Waals surface area (Å²) in [6.07, 6.45) is 0.873. The van der Waals surface area contributed by atoms with Crippen molar-refractivity contribution in [2.75, 3.05) is 11.4 Å². The van der Waals surface area contributed by atoms with E-state index in [0.29, 0.717) is 6.54 Å². The number of aryl methyl sites for hydroxylation is 3. The summed E-state index contributed by atoms with van der Waals surface area (Å²) >= 11 is 0. The summed E-state index contributed by atoms with van der Waals surface area (Å²) in [6, 6.07) is 9.57. The third-order valence-electron chi connectivity index (χ3n) is 4.74. The lowest BCUT2D eigenvalue weighted by molar-refractivity contribution is -0.165. The lowest BCUT2D eigenvalue weighted by Crippen LogP contribution is -2.43. The standard InChI is InChI=1S/C19H25N3O.C4H6O6/c1-14-7-4-8-15(2)18(14)22(19(23)16(3)20)12-6-10-17-9-5-11-21-13-17;5-1(3(7)8)2(6)4(9)10/h4-5,7-9,11,13,16H,6,10,12,20H2,1-3H3;1-2,5-6H,(H,7,8)(H,9,10)/t16-;1-,2-/m01/s1. The SMILES string of the molecule is Cc1cccc(C)c1N(CCCc1cccnc1)C(=O)[C@H](C)N.O=C(O)[C@H](O)[C@@H](O)C(=O)O. The zero-order valence-corrected chi connectivity index (χ0v) is 18.9. The van der Waals surface area contributed by atoms with Crippen molar-refractivity contribution < 1.29 is 34.8 Å². The van der Waals surface area contributed by atoms with Gasteiger partial charge in [0.05, 0.1) is 6.04 Å².